The fourth-order valence-corrected chi connectivity index (χ4v) is 2.42. The van der Waals surface area contributed by atoms with E-state index in [0.717, 1.165) is 16.6 Å². The van der Waals surface area contributed by atoms with Gasteiger partial charge in [0.15, 0.2) is 5.75 Å². The first-order valence-electron chi connectivity index (χ1n) is 6.35. The largest absolute Gasteiger partial charge is 0.494 e. The smallest absolute Gasteiger partial charge is 0.273 e. The molecule has 0 radical (unpaired) electrons. The van der Waals surface area contributed by atoms with Gasteiger partial charge in [0, 0.05) is 23.7 Å². The second kappa shape index (κ2) is 5.27. The Morgan fingerprint density at radius 2 is 2.14 bits per heavy atom. The Morgan fingerprint density at radius 3 is 2.82 bits per heavy atom. The summed E-state index contributed by atoms with van der Waals surface area (Å²) in [6.45, 7) is 1.85. The zero-order chi connectivity index (χ0) is 15.9. The van der Waals surface area contributed by atoms with Gasteiger partial charge >= 0.3 is 0 Å². The highest BCUT2D eigenvalue weighted by molar-refractivity contribution is 6.30. The van der Waals surface area contributed by atoms with Crippen molar-refractivity contribution in [2.45, 2.75) is 6.92 Å². The molecule has 112 valence electrons. The average molecular weight is 319 g/mol. The summed E-state index contributed by atoms with van der Waals surface area (Å²) in [5, 5.41) is 16.5. The highest BCUT2D eigenvalue weighted by Crippen LogP contribution is 2.31. The lowest BCUT2D eigenvalue weighted by Gasteiger charge is -2.09. The van der Waals surface area contributed by atoms with E-state index >= 15 is 0 Å². The molecule has 0 saturated carbocycles. The van der Waals surface area contributed by atoms with E-state index in [1.807, 2.05) is 6.92 Å². The molecule has 0 aliphatic heterocycles. The number of nitro groups is 1. The van der Waals surface area contributed by atoms with Crippen molar-refractivity contribution in [3.63, 3.8) is 0 Å². The number of halogens is 1. The highest BCUT2D eigenvalue weighted by atomic mass is 35.5. The third-order valence-electron chi connectivity index (χ3n) is 3.32. The molecule has 0 saturated heterocycles. The standard InChI is InChI=1S/C14H11ClN4O3/c1-8-10-7-16-14(15)6-12(10)18(17-8)11-4-3-9(19(20)21)5-13(11)22-2/h3-7H,1-2H3. The molecule has 0 unspecified atom stereocenters. The number of hydrogen-bond acceptors (Lipinski definition) is 5. The lowest BCUT2D eigenvalue weighted by molar-refractivity contribution is -0.384. The van der Waals surface area contributed by atoms with Crippen molar-refractivity contribution in [2.75, 3.05) is 7.11 Å². The number of aryl methyl sites for hydroxylation is 1. The van der Waals surface area contributed by atoms with E-state index in [0.29, 0.717) is 16.6 Å². The molecule has 0 spiro atoms. The highest BCUT2D eigenvalue weighted by Gasteiger charge is 2.17. The molecule has 0 amide bonds. The van der Waals surface area contributed by atoms with Crippen molar-refractivity contribution in [3.05, 3.63) is 51.4 Å². The SMILES string of the molecule is COc1cc([N+](=O)[O-])ccc1-n1nc(C)c2cnc(Cl)cc21. The second-order valence-electron chi connectivity index (χ2n) is 4.63. The molecule has 3 rings (SSSR count). The molecule has 0 N–H and O–H groups in total. The van der Waals surface area contributed by atoms with Crippen LogP contribution in [-0.4, -0.2) is 26.8 Å². The maximum absolute atomic E-state index is 10.9. The molecule has 3 aromatic rings. The first-order valence-corrected chi connectivity index (χ1v) is 6.72. The Morgan fingerprint density at radius 1 is 1.36 bits per heavy atom. The summed E-state index contributed by atoms with van der Waals surface area (Å²) in [4.78, 5) is 14.5. The molecule has 8 heteroatoms. The molecule has 7 nitrogen and oxygen atoms in total. The molecule has 0 aliphatic rings. The number of non-ortho nitro benzene ring substituents is 1. The number of nitro benzene ring substituents is 1. The van der Waals surface area contributed by atoms with E-state index in [-0.39, 0.29) is 5.69 Å². The number of aromatic nitrogens is 3. The molecule has 0 fully saturated rings. The number of rotatable bonds is 3. The molecule has 2 aromatic heterocycles. The summed E-state index contributed by atoms with van der Waals surface area (Å²) in [6.07, 6.45) is 1.65. The summed E-state index contributed by atoms with van der Waals surface area (Å²) in [7, 11) is 1.45. The van der Waals surface area contributed by atoms with Crippen LogP contribution in [0.25, 0.3) is 16.6 Å². The van der Waals surface area contributed by atoms with Crippen LogP contribution in [0.1, 0.15) is 5.69 Å². The van der Waals surface area contributed by atoms with Gasteiger partial charge in [-0.2, -0.15) is 5.10 Å². The summed E-state index contributed by atoms with van der Waals surface area (Å²) in [5.74, 6) is 0.353. The van der Waals surface area contributed by atoms with E-state index in [9.17, 15) is 10.1 Å². The van der Waals surface area contributed by atoms with E-state index in [1.54, 1.807) is 23.0 Å². The summed E-state index contributed by atoms with van der Waals surface area (Å²) in [5.41, 5.74) is 2.08. The van der Waals surface area contributed by atoms with Crippen molar-refractivity contribution in [2.24, 2.45) is 0 Å². The van der Waals surface area contributed by atoms with Crippen LogP contribution in [0, 0.1) is 17.0 Å². The van der Waals surface area contributed by atoms with Crippen LogP contribution in [0.3, 0.4) is 0 Å². The van der Waals surface area contributed by atoms with Gasteiger partial charge in [0.05, 0.1) is 29.3 Å². The van der Waals surface area contributed by atoms with Crippen LogP contribution in [0.15, 0.2) is 30.5 Å². The molecule has 0 aliphatic carbocycles. The summed E-state index contributed by atoms with van der Waals surface area (Å²) >= 11 is 5.96. The molecule has 2 heterocycles. The summed E-state index contributed by atoms with van der Waals surface area (Å²) in [6, 6.07) is 6.05. The summed E-state index contributed by atoms with van der Waals surface area (Å²) < 4.78 is 6.90. The van der Waals surface area contributed by atoms with E-state index in [4.69, 9.17) is 16.3 Å². The van der Waals surface area contributed by atoms with Crippen LogP contribution >= 0.6 is 11.6 Å². The fourth-order valence-electron chi connectivity index (χ4n) is 2.27. The zero-order valence-corrected chi connectivity index (χ0v) is 12.5. The maximum Gasteiger partial charge on any atom is 0.273 e. The molecule has 0 atom stereocenters. The Hall–Kier alpha value is -2.67. The fraction of sp³-hybridized carbons (Fsp3) is 0.143. The minimum absolute atomic E-state index is 0.0477. The van der Waals surface area contributed by atoms with Crippen LogP contribution < -0.4 is 4.74 Å². The number of fused-ring (bicyclic) bond motifs is 1. The number of pyridine rings is 1. The average Bonchev–Trinajstić information content (AvgIpc) is 2.82. The lowest BCUT2D eigenvalue weighted by atomic mass is 10.2. The van der Waals surface area contributed by atoms with E-state index in [2.05, 4.69) is 10.1 Å². The number of benzene rings is 1. The van der Waals surface area contributed by atoms with Crippen molar-refractivity contribution >= 4 is 28.2 Å². The molecule has 0 bridgehead atoms. The van der Waals surface area contributed by atoms with Gasteiger partial charge in [-0.3, -0.25) is 10.1 Å². The predicted molar refractivity (Wildman–Crippen MR) is 81.8 cm³/mol. The first kappa shape index (κ1) is 14.3. The Balaban J connectivity index is 2.27. The van der Waals surface area contributed by atoms with Crippen LogP contribution in [0.4, 0.5) is 5.69 Å². The third kappa shape index (κ3) is 2.25. The van der Waals surface area contributed by atoms with E-state index in [1.165, 1.54) is 19.2 Å². The van der Waals surface area contributed by atoms with Crippen molar-refractivity contribution in [1.29, 1.82) is 0 Å². The topological polar surface area (TPSA) is 83.1 Å². The van der Waals surface area contributed by atoms with Crippen LogP contribution in [0.2, 0.25) is 5.15 Å². The van der Waals surface area contributed by atoms with Crippen molar-refractivity contribution < 1.29 is 9.66 Å². The van der Waals surface area contributed by atoms with Crippen molar-refractivity contribution in [1.82, 2.24) is 14.8 Å². The number of hydrogen-bond donors (Lipinski definition) is 0. The van der Waals surface area contributed by atoms with Gasteiger partial charge in [-0.1, -0.05) is 11.6 Å². The molecular weight excluding hydrogens is 308 g/mol. The molecule has 22 heavy (non-hydrogen) atoms. The van der Waals surface area contributed by atoms with Gasteiger partial charge in [-0.05, 0) is 13.0 Å². The Bertz CT molecular complexity index is 891. The van der Waals surface area contributed by atoms with Gasteiger partial charge in [-0.15, -0.1) is 0 Å². The number of methoxy groups -OCH3 is 1. The number of ether oxygens (including phenoxy) is 1. The van der Waals surface area contributed by atoms with Gasteiger partial charge in [-0.25, -0.2) is 9.67 Å². The monoisotopic (exact) mass is 318 g/mol. The number of nitrogens with zero attached hydrogens (tertiary/aromatic N) is 4. The first-order chi connectivity index (χ1) is 10.5. The lowest BCUT2D eigenvalue weighted by Crippen LogP contribution is -2.01. The minimum Gasteiger partial charge on any atom is -0.494 e. The van der Waals surface area contributed by atoms with Gasteiger partial charge in [0.2, 0.25) is 0 Å². The maximum atomic E-state index is 10.9. The van der Waals surface area contributed by atoms with E-state index < -0.39 is 4.92 Å². The van der Waals surface area contributed by atoms with Gasteiger partial charge in [0.25, 0.3) is 5.69 Å². The zero-order valence-electron chi connectivity index (χ0n) is 11.8. The third-order valence-corrected chi connectivity index (χ3v) is 3.53. The normalized spacial score (nSPS) is 10.9. The van der Waals surface area contributed by atoms with Crippen molar-refractivity contribution in [3.8, 4) is 11.4 Å². The Labute approximate surface area is 130 Å². The minimum atomic E-state index is -0.473. The predicted octanol–water partition coefficient (Wildman–Crippen LogP) is 3.30. The van der Waals surface area contributed by atoms with Crippen LogP contribution in [-0.2, 0) is 0 Å². The molecule has 1 aromatic carbocycles. The van der Waals surface area contributed by atoms with Gasteiger partial charge in [0.1, 0.15) is 10.8 Å². The molecular formula is C14H11ClN4O3. The quantitative estimate of drug-likeness (QED) is 0.420. The second-order valence-corrected chi connectivity index (χ2v) is 5.02. The van der Waals surface area contributed by atoms with Crippen LogP contribution in [0.5, 0.6) is 5.75 Å². The van der Waals surface area contributed by atoms with Gasteiger partial charge < -0.3 is 4.74 Å². The Kier molecular flexibility index (Phi) is 3.42.